The van der Waals surface area contributed by atoms with E-state index in [1.54, 1.807) is 25.1 Å². The first kappa shape index (κ1) is 21.4. The number of hydrogen-bond donors (Lipinski definition) is 1. The van der Waals surface area contributed by atoms with Gasteiger partial charge in [0.1, 0.15) is 5.82 Å². The number of carbonyl (C=O) groups excluding carboxylic acids is 3. The Hall–Kier alpha value is -2.93. The van der Waals surface area contributed by atoms with Crippen LogP contribution in [-0.2, 0) is 14.3 Å². The second-order valence-electron chi connectivity index (χ2n) is 5.97. The summed E-state index contributed by atoms with van der Waals surface area (Å²) in [4.78, 5) is 37.6. The largest absolute Gasteiger partial charge is 0.452 e. The summed E-state index contributed by atoms with van der Waals surface area (Å²) >= 11 is 5.93. The van der Waals surface area contributed by atoms with Crippen LogP contribution >= 0.6 is 11.6 Å². The fraction of sp³-hybridized carbons (Fsp3) is 0.250. The van der Waals surface area contributed by atoms with E-state index in [0.717, 1.165) is 11.6 Å². The third kappa shape index (κ3) is 5.79. The number of anilines is 1. The van der Waals surface area contributed by atoms with Crippen LogP contribution in [0.2, 0.25) is 5.02 Å². The number of benzene rings is 2. The zero-order valence-corrected chi connectivity index (χ0v) is 16.3. The van der Waals surface area contributed by atoms with E-state index >= 15 is 0 Å². The molecule has 8 heteroatoms. The van der Waals surface area contributed by atoms with E-state index in [-0.39, 0.29) is 18.7 Å². The molecule has 0 spiro atoms. The number of esters is 1. The van der Waals surface area contributed by atoms with Crippen molar-refractivity contribution in [3.05, 3.63) is 64.4 Å². The van der Waals surface area contributed by atoms with E-state index in [9.17, 15) is 18.8 Å². The van der Waals surface area contributed by atoms with Gasteiger partial charge < -0.3 is 15.0 Å². The molecule has 0 bridgehead atoms. The number of amides is 2. The molecule has 6 nitrogen and oxygen atoms in total. The summed E-state index contributed by atoms with van der Waals surface area (Å²) in [5, 5.41) is 3.17. The van der Waals surface area contributed by atoms with Crippen molar-refractivity contribution in [3.63, 3.8) is 0 Å². The quantitative estimate of drug-likeness (QED) is 0.715. The SMILES string of the molecule is CCN(CC(=O)Nc1cc(Cl)ccc1C)C(=O)COC(=O)c1ccccc1F. The molecule has 0 atom stereocenters. The number of halogens is 2. The van der Waals surface area contributed by atoms with Gasteiger partial charge in [-0.3, -0.25) is 9.59 Å². The highest BCUT2D eigenvalue weighted by atomic mass is 35.5. The molecule has 2 aromatic rings. The third-order valence-corrected chi connectivity index (χ3v) is 4.20. The second-order valence-corrected chi connectivity index (χ2v) is 6.41. The maximum absolute atomic E-state index is 13.6. The monoisotopic (exact) mass is 406 g/mol. The van der Waals surface area contributed by atoms with Crippen LogP contribution in [0.3, 0.4) is 0 Å². The lowest BCUT2D eigenvalue weighted by molar-refractivity contribution is -0.137. The standard InChI is InChI=1S/C20H20ClFN2O4/c1-3-24(11-18(25)23-17-10-14(21)9-8-13(17)2)19(26)12-28-20(27)15-6-4-5-7-16(15)22/h4-10H,3,11-12H2,1-2H3,(H,23,25). The molecule has 0 fully saturated rings. The molecule has 0 aliphatic rings. The van der Waals surface area contributed by atoms with Crippen LogP contribution < -0.4 is 5.32 Å². The van der Waals surface area contributed by atoms with E-state index in [0.29, 0.717) is 10.7 Å². The second kappa shape index (κ2) is 9.85. The van der Waals surface area contributed by atoms with E-state index in [1.165, 1.54) is 23.1 Å². The van der Waals surface area contributed by atoms with Crippen molar-refractivity contribution in [2.75, 3.05) is 25.0 Å². The lowest BCUT2D eigenvalue weighted by Gasteiger charge is -2.20. The topological polar surface area (TPSA) is 75.7 Å². The maximum Gasteiger partial charge on any atom is 0.341 e. The van der Waals surface area contributed by atoms with Crippen molar-refractivity contribution in [2.45, 2.75) is 13.8 Å². The van der Waals surface area contributed by atoms with Gasteiger partial charge in [0.05, 0.1) is 12.1 Å². The van der Waals surface area contributed by atoms with Gasteiger partial charge in [-0.1, -0.05) is 29.8 Å². The summed E-state index contributed by atoms with van der Waals surface area (Å²) < 4.78 is 18.4. The fourth-order valence-electron chi connectivity index (χ4n) is 2.39. The van der Waals surface area contributed by atoms with Crippen LogP contribution in [0.4, 0.5) is 10.1 Å². The average molecular weight is 407 g/mol. The third-order valence-electron chi connectivity index (χ3n) is 3.96. The minimum Gasteiger partial charge on any atom is -0.452 e. The highest BCUT2D eigenvalue weighted by Crippen LogP contribution is 2.20. The number of ether oxygens (including phenoxy) is 1. The predicted octanol–water partition coefficient (Wildman–Crippen LogP) is 3.43. The van der Waals surface area contributed by atoms with Crippen molar-refractivity contribution in [3.8, 4) is 0 Å². The number of nitrogens with zero attached hydrogens (tertiary/aromatic N) is 1. The van der Waals surface area contributed by atoms with Crippen LogP contribution in [0.25, 0.3) is 0 Å². The van der Waals surface area contributed by atoms with Crippen LogP contribution in [0.1, 0.15) is 22.8 Å². The number of rotatable bonds is 7. The number of aryl methyl sites for hydroxylation is 1. The van der Waals surface area contributed by atoms with Gasteiger partial charge in [0.2, 0.25) is 5.91 Å². The Bertz CT molecular complexity index is 888. The molecule has 0 aromatic heterocycles. The minimum atomic E-state index is -0.943. The first-order chi connectivity index (χ1) is 13.3. The lowest BCUT2D eigenvalue weighted by atomic mass is 10.2. The smallest absolute Gasteiger partial charge is 0.341 e. The van der Waals surface area contributed by atoms with Crippen molar-refractivity contribution in [1.82, 2.24) is 4.90 Å². The predicted molar refractivity (Wildman–Crippen MR) is 104 cm³/mol. The Morgan fingerprint density at radius 3 is 2.57 bits per heavy atom. The summed E-state index contributed by atoms with van der Waals surface area (Å²) in [6.45, 7) is 2.92. The molecular weight excluding hydrogens is 387 g/mol. The van der Waals surface area contributed by atoms with Gasteiger partial charge in [-0.25, -0.2) is 9.18 Å². The van der Waals surface area contributed by atoms with Crippen LogP contribution in [-0.4, -0.2) is 42.4 Å². The zero-order valence-electron chi connectivity index (χ0n) is 15.5. The van der Waals surface area contributed by atoms with Gasteiger partial charge >= 0.3 is 5.97 Å². The summed E-state index contributed by atoms with van der Waals surface area (Å²) in [7, 11) is 0. The van der Waals surface area contributed by atoms with Crippen molar-refractivity contribution >= 4 is 35.1 Å². The summed E-state index contributed by atoms with van der Waals surface area (Å²) in [6, 6.07) is 10.4. The molecule has 0 unspecified atom stereocenters. The van der Waals surface area contributed by atoms with Crippen molar-refractivity contribution in [2.24, 2.45) is 0 Å². The number of nitrogens with one attached hydrogen (secondary N) is 1. The summed E-state index contributed by atoms with van der Waals surface area (Å²) in [6.07, 6.45) is 0. The molecule has 28 heavy (non-hydrogen) atoms. The Balaban J connectivity index is 1.92. The van der Waals surface area contributed by atoms with E-state index in [1.807, 2.05) is 6.92 Å². The Morgan fingerprint density at radius 1 is 1.18 bits per heavy atom. The van der Waals surface area contributed by atoms with Gasteiger partial charge in [-0.05, 0) is 43.7 Å². The molecule has 0 heterocycles. The molecule has 0 aliphatic carbocycles. The molecule has 0 saturated heterocycles. The normalized spacial score (nSPS) is 10.3. The van der Waals surface area contributed by atoms with Gasteiger partial charge in [-0.2, -0.15) is 0 Å². The van der Waals surface area contributed by atoms with E-state index < -0.39 is 30.2 Å². The average Bonchev–Trinajstić information content (AvgIpc) is 2.67. The molecule has 2 amide bonds. The Kier molecular flexibility index (Phi) is 7.52. The van der Waals surface area contributed by atoms with Gasteiger partial charge in [0.25, 0.3) is 5.91 Å². The first-order valence-corrected chi connectivity index (χ1v) is 8.95. The van der Waals surface area contributed by atoms with Crippen molar-refractivity contribution in [1.29, 1.82) is 0 Å². The maximum atomic E-state index is 13.6. The van der Waals surface area contributed by atoms with Crippen molar-refractivity contribution < 1.29 is 23.5 Å². The summed E-state index contributed by atoms with van der Waals surface area (Å²) in [5.74, 6) is -2.66. The van der Waals surface area contributed by atoms with Crippen LogP contribution in [0, 0.1) is 12.7 Å². The molecule has 2 rings (SSSR count). The number of hydrogen-bond acceptors (Lipinski definition) is 4. The van der Waals surface area contributed by atoms with Gasteiger partial charge in [0, 0.05) is 17.3 Å². The molecule has 148 valence electrons. The van der Waals surface area contributed by atoms with Crippen LogP contribution in [0.5, 0.6) is 0 Å². The Labute approximate surface area is 167 Å². The molecule has 0 saturated carbocycles. The minimum absolute atomic E-state index is 0.224. The molecule has 0 aliphatic heterocycles. The van der Waals surface area contributed by atoms with Gasteiger partial charge in [-0.15, -0.1) is 0 Å². The van der Waals surface area contributed by atoms with E-state index in [4.69, 9.17) is 16.3 Å². The van der Waals surface area contributed by atoms with Gasteiger partial charge in [0.15, 0.2) is 6.61 Å². The van der Waals surface area contributed by atoms with E-state index in [2.05, 4.69) is 5.32 Å². The number of carbonyl (C=O) groups is 3. The Morgan fingerprint density at radius 2 is 1.89 bits per heavy atom. The molecule has 2 aromatic carbocycles. The highest BCUT2D eigenvalue weighted by molar-refractivity contribution is 6.31. The number of likely N-dealkylation sites (N-methyl/N-ethyl adjacent to an activating group) is 1. The highest BCUT2D eigenvalue weighted by Gasteiger charge is 2.19. The molecule has 0 radical (unpaired) electrons. The molecule has 1 N–H and O–H groups in total. The first-order valence-electron chi connectivity index (χ1n) is 8.57. The zero-order chi connectivity index (χ0) is 20.7. The van der Waals surface area contributed by atoms with Crippen LogP contribution in [0.15, 0.2) is 42.5 Å². The lowest BCUT2D eigenvalue weighted by Crippen LogP contribution is -2.40. The molecular formula is C20H20ClFN2O4. The summed E-state index contributed by atoms with van der Waals surface area (Å²) in [5.41, 5.74) is 1.12. The fourth-order valence-corrected chi connectivity index (χ4v) is 2.56.